The Hall–Kier alpha value is -1.42. The lowest BCUT2D eigenvalue weighted by Gasteiger charge is -2.03. The van der Waals surface area contributed by atoms with Crippen LogP contribution in [0.25, 0.3) is 0 Å². The summed E-state index contributed by atoms with van der Waals surface area (Å²) in [5, 5.41) is 5.55. The van der Waals surface area contributed by atoms with Gasteiger partial charge >= 0.3 is 0 Å². The van der Waals surface area contributed by atoms with Gasteiger partial charge in [0.1, 0.15) is 5.03 Å². The number of aryl methyl sites for hydroxylation is 2. The van der Waals surface area contributed by atoms with Crippen LogP contribution in [-0.4, -0.2) is 9.78 Å². The Kier molecular flexibility index (Phi) is 4.31. The lowest BCUT2D eigenvalue weighted by atomic mass is 10.2. The third-order valence-electron chi connectivity index (χ3n) is 2.81. The third kappa shape index (κ3) is 2.88. The Balaban J connectivity index is 2.10. The summed E-state index contributed by atoms with van der Waals surface area (Å²) in [6.45, 7) is 2.14. The first kappa shape index (κ1) is 13.0. The zero-order valence-electron chi connectivity index (χ0n) is 10.9. The molecule has 1 aromatic carbocycles. The van der Waals surface area contributed by atoms with Gasteiger partial charge in [-0.2, -0.15) is 5.10 Å². The Morgan fingerprint density at radius 3 is 2.67 bits per heavy atom. The predicted molar refractivity (Wildman–Crippen MR) is 77.6 cm³/mol. The van der Waals surface area contributed by atoms with Crippen LogP contribution in [0.2, 0.25) is 0 Å². The van der Waals surface area contributed by atoms with Crippen LogP contribution in [0.15, 0.2) is 35.4 Å². The summed E-state index contributed by atoms with van der Waals surface area (Å²) >= 11 is 1.75. The van der Waals surface area contributed by atoms with Gasteiger partial charge < -0.3 is 5.73 Å². The van der Waals surface area contributed by atoms with Crippen molar-refractivity contribution in [3.63, 3.8) is 0 Å². The molecule has 18 heavy (non-hydrogen) atoms. The minimum atomic E-state index is 0.847. The molecule has 0 radical (unpaired) electrons. The van der Waals surface area contributed by atoms with E-state index in [1.54, 1.807) is 11.8 Å². The van der Waals surface area contributed by atoms with E-state index in [1.807, 2.05) is 17.8 Å². The van der Waals surface area contributed by atoms with Crippen LogP contribution in [0.3, 0.4) is 0 Å². The largest absolute Gasteiger partial charge is 0.395 e. The number of nitrogen functional groups attached to an aromatic ring is 1. The number of nitrogens with two attached hydrogens (primary N) is 1. The number of benzene rings is 1. The van der Waals surface area contributed by atoms with E-state index >= 15 is 0 Å². The van der Waals surface area contributed by atoms with Gasteiger partial charge in [0, 0.05) is 12.8 Å². The molecule has 0 saturated carbocycles. The first-order valence-corrected chi connectivity index (χ1v) is 7.19. The second-order valence-electron chi connectivity index (χ2n) is 4.31. The molecular formula is C14H19N3S. The van der Waals surface area contributed by atoms with Crippen molar-refractivity contribution in [2.24, 2.45) is 7.05 Å². The fourth-order valence-corrected chi connectivity index (χ4v) is 2.89. The van der Waals surface area contributed by atoms with Crippen LogP contribution >= 0.6 is 11.8 Å². The van der Waals surface area contributed by atoms with E-state index in [0.29, 0.717) is 0 Å². The first-order chi connectivity index (χ1) is 8.72. The molecule has 2 rings (SSSR count). The van der Waals surface area contributed by atoms with Crippen LogP contribution in [0.5, 0.6) is 0 Å². The average molecular weight is 261 g/mol. The van der Waals surface area contributed by atoms with Crippen LogP contribution in [0, 0.1) is 0 Å². The molecule has 1 heterocycles. The van der Waals surface area contributed by atoms with Crippen molar-refractivity contribution < 1.29 is 0 Å². The SMILES string of the molecule is CCCc1nn(C)c(SCc2ccccc2)c1N. The van der Waals surface area contributed by atoms with Gasteiger partial charge in [0.25, 0.3) is 0 Å². The lowest BCUT2D eigenvalue weighted by Crippen LogP contribution is -1.94. The third-order valence-corrected chi connectivity index (χ3v) is 4.05. The average Bonchev–Trinajstić information content (AvgIpc) is 2.64. The van der Waals surface area contributed by atoms with Crippen molar-refractivity contribution in [2.45, 2.75) is 30.5 Å². The summed E-state index contributed by atoms with van der Waals surface area (Å²) in [4.78, 5) is 0. The molecule has 0 amide bonds. The highest BCUT2D eigenvalue weighted by atomic mass is 32.2. The Labute approximate surface area is 112 Å². The summed E-state index contributed by atoms with van der Waals surface area (Å²) in [5.74, 6) is 0.927. The molecular weight excluding hydrogens is 242 g/mol. The van der Waals surface area contributed by atoms with Crippen molar-refractivity contribution in [1.29, 1.82) is 0 Å². The summed E-state index contributed by atoms with van der Waals surface area (Å²) in [6, 6.07) is 10.4. The first-order valence-electron chi connectivity index (χ1n) is 6.20. The van der Waals surface area contributed by atoms with Crippen molar-refractivity contribution in [3.8, 4) is 0 Å². The highest BCUT2D eigenvalue weighted by molar-refractivity contribution is 7.98. The van der Waals surface area contributed by atoms with Crippen molar-refractivity contribution in [3.05, 3.63) is 41.6 Å². The quantitative estimate of drug-likeness (QED) is 0.840. The molecule has 0 bridgehead atoms. The molecule has 0 spiro atoms. The normalized spacial score (nSPS) is 10.8. The van der Waals surface area contributed by atoms with Crippen molar-refractivity contribution in [2.75, 3.05) is 5.73 Å². The van der Waals surface area contributed by atoms with Gasteiger partial charge in [-0.3, -0.25) is 4.68 Å². The minimum absolute atomic E-state index is 0.847. The smallest absolute Gasteiger partial charge is 0.117 e. The van der Waals surface area contributed by atoms with Crippen LogP contribution in [0.4, 0.5) is 5.69 Å². The Morgan fingerprint density at radius 1 is 1.28 bits per heavy atom. The molecule has 0 aliphatic carbocycles. The molecule has 4 heteroatoms. The van der Waals surface area contributed by atoms with Gasteiger partial charge in [0.15, 0.2) is 0 Å². The predicted octanol–water partition coefficient (Wildman–Crippen LogP) is 3.25. The molecule has 0 atom stereocenters. The molecule has 1 aromatic heterocycles. The van der Waals surface area contributed by atoms with E-state index in [4.69, 9.17) is 5.73 Å². The van der Waals surface area contributed by atoms with Crippen LogP contribution in [-0.2, 0) is 19.2 Å². The van der Waals surface area contributed by atoms with E-state index in [0.717, 1.165) is 35.0 Å². The van der Waals surface area contributed by atoms with Gasteiger partial charge in [-0.25, -0.2) is 0 Å². The highest BCUT2D eigenvalue weighted by Crippen LogP contribution is 2.30. The van der Waals surface area contributed by atoms with Crippen molar-refractivity contribution in [1.82, 2.24) is 9.78 Å². The van der Waals surface area contributed by atoms with E-state index < -0.39 is 0 Å². The minimum Gasteiger partial charge on any atom is -0.395 e. The fraction of sp³-hybridized carbons (Fsp3) is 0.357. The molecule has 3 nitrogen and oxygen atoms in total. The Bertz CT molecular complexity index is 505. The maximum Gasteiger partial charge on any atom is 0.117 e. The van der Waals surface area contributed by atoms with E-state index in [2.05, 4.69) is 36.3 Å². The maximum atomic E-state index is 6.15. The molecule has 0 aliphatic rings. The number of aromatic nitrogens is 2. The Morgan fingerprint density at radius 2 is 2.00 bits per heavy atom. The van der Waals surface area contributed by atoms with Crippen molar-refractivity contribution >= 4 is 17.4 Å². The molecule has 2 N–H and O–H groups in total. The topological polar surface area (TPSA) is 43.8 Å². The molecule has 2 aromatic rings. The van der Waals surface area contributed by atoms with Crippen LogP contribution < -0.4 is 5.73 Å². The summed E-state index contributed by atoms with van der Waals surface area (Å²) in [5.41, 5.74) is 9.33. The van der Waals surface area contributed by atoms with E-state index in [9.17, 15) is 0 Å². The summed E-state index contributed by atoms with van der Waals surface area (Å²) in [7, 11) is 1.96. The lowest BCUT2D eigenvalue weighted by molar-refractivity contribution is 0.681. The maximum absolute atomic E-state index is 6.15. The molecule has 0 aliphatic heterocycles. The number of thioether (sulfide) groups is 1. The van der Waals surface area contributed by atoms with Gasteiger partial charge in [0.2, 0.25) is 0 Å². The van der Waals surface area contributed by atoms with Gasteiger partial charge in [-0.1, -0.05) is 55.4 Å². The molecule has 96 valence electrons. The number of anilines is 1. The standard InChI is InChI=1S/C14H19N3S/c1-3-7-12-13(15)14(17(2)16-12)18-10-11-8-5-4-6-9-11/h4-6,8-9H,3,7,10,15H2,1-2H3. The number of rotatable bonds is 5. The highest BCUT2D eigenvalue weighted by Gasteiger charge is 2.12. The summed E-state index contributed by atoms with van der Waals surface area (Å²) < 4.78 is 1.90. The fourth-order valence-electron chi connectivity index (χ4n) is 1.90. The van der Waals surface area contributed by atoms with Gasteiger partial charge in [-0.05, 0) is 12.0 Å². The zero-order valence-corrected chi connectivity index (χ0v) is 11.7. The summed E-state index contributed by atoms with van der Waals surface area (Å²) in [6.07, 6.45) is 2.02. The van der Waals surface area contributed by atoms with E-state index in [1.165, 1.54) is 5.56 Å². The number of hydrogen-bond acceptors (Lipinski definition) is 3. The number of nitrogens with zero attached hydrogens (tertiary/aromatic N) is 2. The molecule has 0 fully saturated rings. The number of hydrogen-bond donors (Lipinski definition) is 1. The monoisotopic (exact) mass is 261 g/mol. The zero-order chi connectivity index (χ0) is 13.0. The van der Waals surface area contributed by atoms with Gasteiger partial charge in [0.05, 0.1) is 11.4 Å². The van der Waals surface area contributed by atoms with E-state index in [-0.39, 0.29) is 0 Å². The van der Waals surface area contributed by atoms with Crippen LogP contribution in [0.1, 0.15) is 24.6 Å². The molecule has 0 saturated heterocycles. The molecule has 0 unspecified atom stereocenters. The second-order valence-corrected chi connectivity index (χ2v) is 5.28. The second kappa shape index (κ2) is 5.96. The van der Waals surface area contributed by atoms with Gasteiger partial charge in [-0.15, -0.1) is 0 Å².